The highest BCUT2D eigenvalue weighted by atomic mass is 35.5. The Balaban J connectivity index is 1.51. The number of carbonyl (C=O) groups is 1. The molecule has 0 unspecified atom stereocenters. The van der Waals surface area contributed by atoms with Gasteiger partial charge in [0.2, 0.25) is 0 Å². The smallest absolute Gasteiger partial charge is 0.262 e. The van der Waals surface area contributed by atoms with E-state index in [0.29, 0.717) is 17.3 Å². The number of rotatable bonds is 8. The fourth-order valence-corrected chi connectivity index (χ4v) is 3.10. The molecular formula is C24H25ClN2O3. The van der Waals surface area contributed by atoms with Crippen LogP contribution in [0.25, 0.3) is 0 Å². The fraction of sp³-hybridized carbons (Fsp3) is 0.208. The number of hydrogen-bond acceptors (Lipinski definition) is 4. The molecule has 1 amide bonds. The topological polar surface area (TPSA) is 59.6 Å². The van der Waals surface area contributed by atoms with Gasteiger partial charge in [-0.25, -0.2) is 0 Å². The van der Waals surface area contributed by atoms with E-state index in [9.17, 15) is 4.79 Å². The molecule has 0 spiro atoms. The molecule has 0 bridgehead atoms. The monoisotopic (exact) mass is 424 g/mol. The minimum Gasteiger partial charge on any atom is -0.497 e. The highest BCUT2D eigenvalue weighted by molar-refractivity contribution is 6.32. The summed E-state index contributed by atoms with van der Waals surface area (Å²) in [7, 11) is 1.64. The van der Waals surface area contributed by atoms with Crippen molar-refractivity contribution in [2.75, 3.05) is 24.4 Å². The number of methoxy groups -OCH3 is 1. The molecule has 5 nitrogen and oxygen atoms in total. The second-order valence-corrected chi connectivity index (χ2v) is 7.39. The largest absolute Gasteiger partial charge is 0.497 e. The third-order valence-corrected chi connectivity index (χ3v) is 5.03. The summed E-state index contributed by atoms with van der Waals surface area (Å²) in [5.41, 5.74) is 5.03. The fourth-order valence-electron chi connectivity index (χ4n) is 2.84. The van der Waals surface area contributed by atoms with E-state index in [2.05, 4.69) is 10.6 Å². The van der Waals surface area contributed by atoms with Crippen molar-refractivity contribution in [3.8, 4) is 11.5 Å². The molecule has 0 aromatic heterocycles. The van der Waals surface area contributed by atoms with Gasteiger partial charge < -0.3 is 20.1 Å². The summed E-state index contributed by atoms with van der Waals surface area (Å²) in [5, 5.41) is 6.62. The van der Waals surface area contributed by atoms with Gasteiger partial charge in [-0.05, 0) is 79.1 Å². The summed E-state index contributed by atoms with van der Waals surface area (Å²) in [5.74, 6) is 1.05. The first-order chi connectivity index (χ1) is 14.4. The zero-order valence-electron chi connectivity index (χ0n) is 17.3. The van der Waals surface area contributed by atoms with Gasteiger partial charge in [0.05, 0.1) is 12.1 Å². The van der Waals surface area contributed by atoms with Gasteiger partial charge >= 0.3 is 0 Å². The lowest BCUT2D eigenvalue weighted by atomic mass is 10.1. The Kier molecular flexibility index (Phi) is 7.20. The van der Waals surface area contributed by atoms with Gasteiger partial charge in [0.25, 0.3) is 5.91 Å². The lowest BCUT2D eigenvalue weighted by molar-refractivity contribution is -0.118. The van der Waals surface area contributed by atoms with Gasteiger partial charge in [0.15, 0.2) is 6.61 Å². The molecule has 0 saturated heterocycles. The first kappa shape index (κ1) is 21.5. The van der Waals surface area contributed by atoms with Crippen molar-refractivity contribution >= 4 is 28.9 Å². The van der Waals surface area contributed by atoms with Crippen LogP contribution in [-0.4, -0.2) is 19.6 Å². The zero-order valence-corrected chi connectivity index (χ0v) is 18.0. The van der Waals surface area contributed by atoms with E-state index >= 15 is 0 Å². The standard InChI is InChI=1S/C24H25ClN2O3/c1-16-4-6-20(12-17(16)2)27-24(28)15-30-23-11-5-18(13-22(23)25)14-26-19-7-9-21(29-3)10-8-19/h4-13,26H,14-15H2,1-3H3,(H,27,28). The van der Waals surface area contributed by atoms with Crippen molar-refractivity contribution < 1.29 is 14.3 Å². The van der Waals surface area contributed by atoms with E-state index in [-0.39, 0.29) is 12.5 Å². The third kappa shape index (κ3) is 5.91. The molecule has 2 N–H and O–H groups in total. The number of amides is 1. The molecule has 3 rings (SSSR count). The average Bonchev–Trinajstić information content (AvgIpc) is 2.74. The van der Waals surface area contributed by atoms with Crippen molar-refractivity contribution in [1.82, 2.24) is 0 Å². The molecule has 3 aromatic carbocycles. The summed E-state index contributed by atoms with van der Waals surface area (Å²) in [6.07, 6.45) is 0. The predicted molar refractivity (Wildman–Crippen MR) is 122 cm³/mol. The number of aryl methyl sites for hydroxylation is 2. The van der Waals surface area contributed by atoms with Crippen LogP contribution in [0.3, 0.4) is 0 Å². The molecule has 0 fully saturated rings. The second kappa shape index (κ2) is 10.0. The lowest BCUT2D eigenvalue weighted by Gasteiger charge is -2.12. The van der Waals surface area contributed by atoms with E-state index in [1.54, 1.807) is 13.2 Å². The lowest BCUT2D eigenvalue weighted by Crippen LogP contribution is -2.20. The highest BCUT2D eigenvalue weighted by Gasteiger charge is 2.08. The van der Waals surface area contributed by atoms with E-state index < -0.39 is 0 Å². The number of carbonyl (C=O) groups excluding carboxylic acids is 1. The highest BCUT2D eigenvalue weighted by Crippen LogP contribution is 2.26. The van der Waals surface area contributed by atoms with Gasteiger partial charge in [0.1, 0.15) is 11.5 Å². The van der Waals surface area contributed by atoms with Crippen molar-refractivity contribution in [1.29, 1.82) is 0 Å². The average molecular weight is 425 g/mol. The van der Waals surface area contributed by atoms with Crippen LogP contribution in [0, 0.1) is 13.8 Å². The molecule has 3 aromatic rings. The van der Waals surface area contributed by atoms with Gasteiger partial charge in [0, 0.05) is 17.9 Å². The third-order valence-electron chi connectivity index (χ3n) is 4.73. The van der Waals surface area contributed by atoms with Crippen LogP contribution in [0.4, 0.5) is 11.4 Å². The van der Waals surface area contributed by atoms with E-state index in [1.165, 1.54) is 5.56 Å². The van der Waals surface area contributed by atoms with Crippen LogP contribution < -0.4 is 20.1 Å². The second-order valence-electron chi connectivity index (χ2n) is 6.98. The Bertz CT molecular complexity index is 1020. The number of halogens is 1. The van der Waals surface area contributed by atoms with Crippen molar-refractivity contribution in [3.63, 3.8) is 0 Å². The normalized spacial score (nSPS) is 10.4. The Labute approximate surface area is 182 Å². The Morgan fingerprint density at radius 1 is 0.933 bits per heavy atom. The van der Waals surface area contributed by atoms with Crippen LogP contribution in [0.5, 0.6) is 11.5 Å². The zero-order chi connectivity index (χ0) is 21.5. The molecule has 0 atom stereocenters. The maximum Gasteiger partial charge on any atom is 0.262 e. The van der Waals surface area contributed by atoms with Crippen LogP contribution >= 0.6 is 11.6 Å². The number of hydrogen-bond donors (Lipinski definition) is 2. The summed E-state index contributed by atoms with van der Waals surface area (Å²) >= 11 is 6.33. The molecule has 156 valence electrons. The predicted octanol–water partition coefficient (Wildman–Crippen LogP) is 5.60. The number of nitrogens with one attached hydrogen (secondary N) is 2. The van der Waals surface area contributed by atoms with E-state index in [0.717, 1.165) is 28.3 Å². The molecular weight excluding hydrogens is 400 g/mol. The SMILES string of the molecule is COc1ccc(NCc2ccc(OCC(=O)Nc3ccc(C)c(C)c3)c(Cl)c2)cc1. The summed E-state index contributed by atoms with van der Waals surface area (Å²) in [6.45, 7) is 4.53. The van der Waals surface area contributed by atoms with Gasteiger partial charge in [-0.1, -0.05) is 23.7 Å². The first-order valence-electron chi connectivity index (χ1n) is 9.61. The van der Waals surface area contributed by atoms with Crippen LogP contribution in [0.15, 0.2) is 60.7 Å². The van der Waals surface area contributed by atoms with Crippen molar-refractivity contribution in [2.45, 2.75) is 20.4 Å². The van der Waals surface area contributed by atoms with Crippen molar-refractivity contribution in [3.05, 3.63) is 82.4 Å². The van der Waals surface area contributed by atoms with Crippen molar-refractivity contribution in [2.24, 2.45) is 0 Å². The number of anilines is 2. The Morgan fingerprint density at radius 2 is 1.67 bits per heavy atom. The Morgan fingerprint density at radius 3 is 2.33 bits per heavy atom. The maximum absolute atomic E-state index is 12.2. The maximum atomic E-state index is 12.2. The van der Waals surface area contributed by atoms with Crippen LogP contribution in [0.2, 0.25) is 5.02 Å². The quantitative estimate of drug-likeness (QED) is 0.494. The minimum atomic E-state index is -0.237. The summed E-state index contributed by atoms with van der Waals surface area (Å²) in [4.78, 5) is 12.2. The molecule has 0 aliphatic heterocycles. The van der Waals surface area contributed by atoms with Gasteiger partial charge in [-0.2, -0.15) is 0 Å². The minimum absolute atomic E-state index is 0.115. The number of benzene rings is 3. The van der Waals surface area contributed by atoms with E-state index in [1.807, 2.05) is 68.4 Å². The van der Waals surface area contributed by atoms with Gasteiger partial charge in [-0.15, -0.1) is 0 Å². The molecule has 0 saturated carbocycles. The molecule has 0 radical (unpaired) electrons. The molecule has 30 heavy (non-hydrogen) atoms. The molecule has 0 aliphatic carbocycles. The summed E-state index contributed by atoms with van der Waals surface area (Å²) < 4.78 is 10.7. The van der Waals surface area contributed by atoms with Crippen LogP contribution in [0.1, 0.15) is 16.7 Å². The molecule has 0 heterocycles. The Hall–Kier alpha value is -3.18. The first-order valence-corrected chi connectivity index (χ1v) is 9.98. The van der Waals surface area contributed by atoms with E-state index in [4.69, 9.17) is 21.1 Å². The van der Waals surface area contributed by atoms with Crippen LogP contribution in [-0.2, 0) is 11.3 Å². The molecule has 6 heteroatoms. The number of ether oxygens (including phenoxy) is 2. The van der Waals surface area contributed by atoms with Gasteiger partial charge in [-0.3, -0.25) is 4.79 Å². The molecule has 0 aliphatic rings. The summed E-state index contributed by atoms with van der Waals surface area (Å²) in [6, 6.07) is 19.0.